The average Bonchev–Trinajstić information content (AvgIpc) is 3.34. The summed E-state index contributed by atoms with van der Waals surface area (Å²) >= 11 is 0. The Kier molecular flexibility index (Phi) is 8.48. The van der Waals surface area contributed by atoms with Gasteiger partial charge in [0.25, 0.3) is 5.91 Å². The van der Waals surface area contributed by atoms with Gasteiger partial charge in [-0.2, -0.15) is 14.1 Å². The maximum absolute atomic E-state index is 13.9. The Morgan fingerprint density at radius 3 is 2.35 bits per heavy atom. The second-order valence-electron chi connectivity index (χ2n) is 9.77. The lowest BCUT2D eigenvalue weighted by Crippen LogP contribution is -2.40. The number of amides is 1. The minimum absolute atomic E-state index is 0.0329. The monoisotopic (exact) mass is 606 g/mol. The maximum Gasteiger partial charge on any atom is 0.356 e. The van der Waals surface area contributed by atoms with Gasteiger partial charge in [-0.3, -0.25) is 4.79 Å². The smallest absolute Gasteiger partial charge is 0.356 e. The summed E-state index contributed by atoms with van der Waals surface area (Å²) < 4.78 is 47.3. The van der Waals surface area contributed by atoms with Crippen LogP contribution in [0.2, 0.25) is 0 Å². The minimum atomic E-state index is -4.15. The van der Waals surface area contributed by atoms with E-state index < -0.39 is 21.9 Å². The molecule has 0 radical (unpaired) electrons. The molecule has 13 heteroatoms. The third-order valence-electron chi connectivity index (χ3n) is 6.90. The first-order chi connectivity index (χ1) is 20.6. The molecule has 2 heterocycles. The van der Waals surface area contributed by atoms with Crippen LogP contribution in [0.5, 0.6) is 17.4 Å². The summed E-state index contributed by atoms with van der Waals surface area (Å²) in [6, 6.07) is 18.1. The van der Waals surface area contributed by atoms with Crippen molar-refractivity contribution in [2.45, 2.75) is 18.7 Å². The molecule has 5 rings (SSSR count). The van der Waals surface area contributed by atoms with Gasteiger partial charge in [-0.25, -0.2) is 13.2 Å². The van der Waals surface area contributed by atoms with E-state index in [1.165, 1.54) is 41.2 Å². The molecule has 0 spiro atoms. The van der Waals surface area contributed by atoms with Gasteiger partial charge >= 0.3 is 5.97 Å². The Hall–Kier alpha value is -4.72. The van der Waals surface area contributed by atoms with Crippen molar-refractivity contribution < 1.29 is 37.3 Å². The van der Waals surface area contributed by atoms with Gasteiger partial charge in [0.1, 0.15) is 16.4 Å². The Bertz CT molecular complexity index is 1780. The number of benzene rings is 3. The van der Waals surface area contributed by atoms with Gasteiger partial charge in [-0.1, -0.05) is 29.8 Å². The number of carboxylic acid groups (broad SMARTS) is 1. The molecule has 1 aliphatic heterocycles. The molecule has 0 aliphatic carbocycles. The van der Waals surface area contributed by atoms with Crippen molar-refractivity contribution in [3.8, 4) is 23.1 Å². The fraction of sp³-hybridized carbons (Fsp3) is 0.233. The van der Waals surface area contributed by atoms with Crippen molar-refractivity contribution in [2.75, 3.05) is 38.7 Å². The number of rotatable bonds is 9. The quantitative estimate of drug-likeness (QED) is 0.285. The SMILES string of the molecule is COc1ccccc1C(=O)Nc1ccc(Oc2c(C)c(C(=O)O)nn2-c2ccc(C)cc2)c(S(=O)(=O)N2CCOCC2)c1. The number of aromatic carboxylic acids is 1. The molecule has 3 aromatic carbocycles. The number of anilines is 1. The van der Waals surface area contributed by atoms with Gasteiger partial charge in [0.05, 0.1) is 31.6 Å². The van der Waals surface area contributed by atoms with Crippen molar-refractivity contribution in [1.82, 2.24) is 14.1 Å². The number of hydrogen-bond donors (Lipinski definition) is 2. The van der Waals surface area contributed by atoms with Crippen molar-refractivity contribution in [1.29, 1.82) is 0 Å². The Morgan fingerprint density at radius 2 is 1.67 bits per heavy atom. The fourth-order valence-corrected chi connectivity index (χ4v) is 6.14. The highest BCUT2D eigenvalue weighted by Crippen LogP contribution is 2.37. The number of aryl methyl sites for hydroxylation is 1. The molecule has 0 saturated carbocycles. The van der Waals surface area contributed by atoms with E-state index in [0.717, 1.165) is 5.56 Å². The molecule has 43 heavy (non-hydrogen) atoms. The lowest BCUT2D eigenvalue weighted by molar-refractivity contribution is 0.0689. The second kappa shape index (κ2) is 12.3. The van der Waals surface area contributed by atoms with E-state index >= 15 is 0 Å². The second-order valence-corrected chi connectivity index (χ2v) is 11.7. The zero-order valence-electron chi connectivity index (χ0n) is 23.7. The normalized spacial score (nSPS) is 13.8. The highest BCUT2D eigenvalue weighted by atomic mass is 32.2. The highest BCUT2D eigenvalue weighted by Gasteiger charge is 2.32. The van der Waals surface area contributed by atoms with Gasteiger partial charge in [0.2, 0.25) is 15.9 Å². The van der Waals surface area contributed by atoms with Crippen LogP contribution >= 0.6 is 0 Å². The molecular weight excluding hydrogens is 576 g/mol. The third-order valence-corrected chi connectivity index (χ3v) is 8.82. The maximum atomic E-state index is 13.9. The number of nitrogens with one attached hydrogen (secondary N) is 1. The molecule has 0 unspecified atom stereocenters. The molecule has 1 aliphatic rings. The van der Waals surface area contributed by atoms with E-state index in [0.29, 0.717) is 11.4 Å². The van der Waals surface area contributed by atoms with E-state index in [2.05, 4.69) is 10.4 Å². The van der Waals surface area contributed by atoms with Gasteiger partial charge in [-0.05, 0) is 56.3 Å². The van der Waals surface area contributed by atoms with Crippen LogP contribution in [0.25, 0.3) is 5.69 Å². The number of para-hydroxylation sites is 1. The van der Waals surface area contributed by atoms with Crippen LogP contribution in [0.4, 0.5) is 5.69 Å². The average molecular weight is 607 g/mol. The number of aromatic nitrogens is 2. The Labute approximate surface area is 248 Å². The van der Waals surface area contributed by atoms with E-state index in [4.69, 9.17) is 14.2 Å². The molecule has 224 valence electrons. The fourth-order valence-electron chi connectivity index (χ4n) is 4.60. The highest BCUT2D eigenvalue weighted by molar-refractivity contribution is 7.89. The topological polar surface area (TPSA) is 149 Å². The van der Waals surface area contributed by atoms with E-state index in [1.54, 1.807) is 36.4 Å². The molecule has 12 nitrogen and oxygen atoms in total. The molecule has 4 aromatic rings. The zero-order valence-corrected chi connectivity index (χ0v) is 24.6. The molecule has 0 atom stereocenters. The van der Waals surface area contributed by atoms with Crippen molar-refractivity contribution >= 4 is 27.6 Å². The summed E-state index contributed by atoms with van der Waals surface area (Å²) in [5.41, 5.74) is 1.93. The first kappa shape index (κ1) is 29.8. The molecule has 1 amide bonds. The summed E-state index contributed by atoms with van der Waals surface area (Å²) in [4.78, 5) is 24.9. The Balaban J connectivity index is 1.60. The Morgan fingerprint density at radius 1 is 0.977 bits per heavy atom. The summed E-state index contributed by atoms with van der Waals surface area (Å²) in [5.74, 6) is -1.44. The standard InChI is InChI=1S/C30H30N4O8S/c1-19-8-11-22(12-9-19)34-29(20(2)27(32-34)30(36)37)42-25-13-10-21(31-28(35)23-6-4-5-7-24(23)40-3)18-26(25)43(38,39)33-14-16-41-17-15-33/h4-13,18H,14-17H2,1-3H3,(H,31,35)(H,36,37). The van der Waals surface area contributed by atoms with Crippen molar-refractivity contribution in [2.24, 2.45) is 0 Å². The van der Waals surface area contributed by atoms with E-state index in [-0.39, 0.29) is 65.3 Å². The molecule has 1 fully saturated rings. The van der Waals surface area contributed by atoms with Gasteiger partial charge < -0.3 is 24.6 Å². The summed E-state index contributed by atoms with van der Waals surface area (Å²) in [6.45, 7) is 4.15. The van der Waals surface area contributed by atoms with Gasteiger partial charge in [-0.15, -0.1) is 0 Å². The zero-order chi connectivity index (χ0) is 30.7. The summed E-state index contributed by atoms with van der Waals surface area (Å²) in [7, 11) is -2.70. The van der Waals surface area contributed by atoms with Crippen LogP contribution in [0.1, 0.15) is 32.0 Å². The first-order valence-corrected chi connectivity index (χ1v) is 14.8. The molecular formula is C30H30N4O8S. The summed E-state index contributed by atoms with van der Waals surface area (Å²) in [6.07, 6.45) is 0. The first-order valence-electron chi connectivity index (χ1n) is 13.3. The molecule has 1 saturated heterocycles. The van der Waals surface area contributed by atoms with Crippen LogP contribution in [-0.4, -0.2) is 72.9 Å². The van der Waals surface area contributed by atoms with Crippen molar-refractivity contribution in [3.05, 3.63) is 89.1 Å². The van der Waals surface area contributed by atoms with Gasteiger partial charge in [0.15, 0.2) is 5.69 Å². The number of methoxy groups -OCH3 is 1. The third kappa shape index (κ3) is 6.09. The number of carboxylic acids is 1. The van der Waals surface area contributed by atoms with Crippen LogP contribution < -0.4 is 14.8 Å². The lowest BCUT2D eigenvalue weighted by atomic mass is 10.2. The number of carbonyl (C=O) groups excluding carboxylic acids is 1. The molecule has 1 aromatic heterocycles. The van der Waals surface area contributed by atoms with Crippen molar-refractivity contribution in [3.63, 3.8) is 0 Å². The van der Waals surface area contributed by atoms with Crippen LogP contribution in [-0.2, 0) is 14.8 Å². The van der Waals surface area contributed by atoms with E-state index in [1.807, 2.05) is 19.1 Å². The lowest BCUT2D eigenvalue weighted by Gasteiger charge is -2.27. The predicted octanol–water partition coefficient (Wildman–Crippen LogP) is 4.26. The molecule has 0 bridgehead atoms. The van der Waals surface area contributed by atoms with Crippen LogP contribution in [0, 0.1) is 13.8 Å². The number of morpholine rings is 1. The number of carbonyl (C=O) groups is 2. The van der Waals surface area contributed by atoms with Gasteiger partial charge in [0, 0.05) is 24.3 Å². The largest absolute Gasteiger partial charge is 0.496 e. The number of ether oxygens (including phenoxy) is 3. The van der Waals surface area contributed by atoms with Crippen LogP contribution in [0.15, 0.2) is 71.6 Å². The number of nitrogens with zero attached hydrogens (tertiary/aromatic N) is 3. The number of hydrogen-bond acceptors (Lipinski definition) is 8. The number of sulfonamides is 1. The molecule has 2 N–H and O–H groups in total. The minimum Gasteiger partial charge on any atom is -0.496 e. The van der Waals surface area contributed by atoms with E-state index in [9.17, 15) is 23.1 Å². The predicted molar refractivity (Wildman–Crippen MR) is 157 cm³/mol. The van der Waals surface area contributed by atoms with Crippen LogP contribution in [0.3, 0.4) is 0 Å². The summed E-state index contributed by atoms with van der Waals surface area (Å²) in [5, 5.41) is 16.7.